The molecule has 31 heavy (non-hydrogen) atoms. The zero-order chi connectivity index (χ0) is 22.3. The molecule has 6 nitrogen and oxygen atoms in total. The van der Waals surface area contributed by atoms with E-state index in [0.717, 1.165) is 7.05 Å². The predicted octanol–water partition coefficient (Wildman–Crippen LogP) is 3.60. The summed E-state index contributed by atoms with van der Waals surface area (Å²) in [5.41, 5.74) is -0.675. The van der Waals surface area contributed by atoms with Crippen LogP contribution < -0.4 is 9.47 Å². The van der Waals surface area contributed by atoms with Crippen molar-refractivity contribution in [1.82, 2.24) is 0 Å². The minimum atomic E-state index is -1.54. The van der Waals surface area contributed by atoms with Crippen molar-refractivity contribution in [3.05, 3.63) is 93.8 Å². The first kappa shape index (κ1) is 20.6. The number of carbonyl (C=O) groups is 3. The summed E-state index contributed by atoms with van der Waals surface area (Å²) in [5, 5.41) is -0.617. The summed E-state index contributed by atoms with van der Waals surface area (Å²) >= 11 is 6.25. The highest BCUT2D eigenvalue weighted by atomic mass is 35.5. The van der Waals surface area contributed by atoms with Gasteiger partial charge in [0.1, 0.15) is 24.4 Å². The molecular weight excluding hydrogens is 430 g/mol. The molecule has 4 rings (SSSR count). The highest BCUT2D eigenvalue weighted by molar-refractivity contribution is 6.41. The van der Waals surface area contributed by atoms with E-state index in [9.17, 15) is 23.2 Å². The van der Waals surface area contributed by atoms with Gasteiger partial charge in [-0.1, -0.05) is 54.1 Å². The number of rotatable bonds is 4. The van der Waals surface area contributed by atoms with E-state index in [1.54, 1.807) is 30.3 Å². The predicted molar refractivity (Wildman–Crippen MR) is 106 cm³/mol. The van der Waals surface area contributed by atoms with Gasteiger partial charge in [-0.25, -0.2) is 9.69 Å². The topological polar surface area (TPSA) is 67.6 Å². The van der Waals surface area contributed by atoms with Gasteiger partial charge in [0.15, 0.2) is 0 Å². The van der Waals surface area contributed by atoms with Gasteiger partial charge in [-0.15, -0.1) is 4.39 Å². The van der Waals surface area contributed by atoms with Crippen LogP contribution in [0.25, 0.3) is 0 Å². The van der Waals surface area contributed by atoms with Crippen molar-refractivity contribution < 1.29 is 32.5 Å². The van der Waals surface area contributed by atoms with Gasteiger partial charge < -0.3 is 4.74 Å². The summed E-state index contributed by atoms with van der Waals surface area (Å²) in [6.07, 6.45) is 0. The molecule has 0 bridgehead atoms. The first-order valence-corrected chi connectivity index (χ1v) is 9.46. The smallest absolute Gasteiger partial charge is 0.405 e. The van der Waals surface area contributed by atoms with Crippen LogP contribution in [-0.2, 0) is 18.4 Å². The summed E-state index contributed by atoms with van der Waals surface area (Å²) < 4.78 is 35.3. The average molecular weight is 444 g/mol. The highest BCUT2D eigenvalue weighted by Gasteiger charge is 2.44. The molecule has 0 saturated heterocycles. The average Bonchev–Trinajstić information content (AvgIpc) is 3.03. The van der Waals surface area contributed by atoms with Crippen molar-refractivity contribution in [3.63, 3.8) is 0 Å². The Morgan fingerprint density at radius 3 is 2.13 bits per heavy atom. The molecule has 2 heterocycles. The largest absolute Gasteiger partial charge is 0.453 e. The molecule has 0 radical (unpaired) electrons. The summed E-state index contributed by atoms with van der Waals surface area (Å²) in [4.78, 5) is 38.6. The normalized spacial score (nSPS) is 12.8. The number of aromatic nitrogens is 1. The maximum atomic E-state index is 14.9. The van der Waals surface area contributed by atoms with Crippen LogP contribution in [0.5, 0.6) is 0 Å². The molecule has 2 amide bonds. The van der Waals surface area contributed by atoms with Crippen molar-refractivity contribution in [2.24, 2.45) is 7.05 Å². The summed E-state index contributed by atoms with van der Waals surface area (Å²) in [6, 6.07) is 14.5. The van der Waals surface area contributed by atoms with Gasteiger partial charge in [0.25, 0.3) is 17.6 Å². The Balaban J connectivity index is 1.77. The van der Waals surface area contributed by atoms with Crippen molar-refractivity contribution in [2.75, 3.05) is 4.90 Å². The van der Waals surface area contributed by atoms with E-state index >= 15 is 0 Å². The number of anilines is 1. The SMILES string of the molecule is C[n+]1c(F)c(F)c(N2C(=O)c3ccccc3C2=O)c(Cl)c1C(=O)OCc1ccccc1. The van der Waals surface area contributed by atoms with Crippen LogP contribution in [0.1, 0.15) is 36.8 Å². The van der Waals surface area contributed by atoms with Crippen LogP contribution in [0, 0.1) is 11.8 Å². The first-order valence-electron chi connectivity index (χ1n) is 9.08. The van der Waals surface area contributed by atoms with E-state index in [1.807, 2.05) is 0 Å². The van der Waals surface area contributed by atoms with Crippen LogP contribution >= 0.6 is 11.6 Å². The van der Waals surface area contributed by atoms with Crippen LogP contribution in [0.3, 0.4) is 0 Å². The number of pyridine rings is 1. The van der Waals surface area contributed by atoms with Gasteiger partial charge in [0.05, 0.1) is 11.1 Å². The Morgan fingerprint density at radius 1 is 1.00 bits per heavy atom. The van der Waals surface area contributed by atoms with Gasteiger partial charge in [-0.05, 0) is 17.7 Å². The number of nitrogens with zero attached hydrogens (tertiary/aromatic N) is 2. The Morgan fingerprint density at radius 2 is 1.55 bits per heavy atom. The van der Waals surface area contributed by atoms with Crippen LogP contribution in [0.4, 0.5) is 14.5 Å². The lowest BCUT2D eigenvalue weighted by molar-refractivity contribution is -0.704. The first-order chi connectivity index (χ1) is 14.8. The number of ether oxygens (including phenoxy) is 1. The Hall–Kier alpha value is -3.65. The van der Waals surface area contributed by atoms with Crippen LogP contribution in [0.2, 0.25) is 5.02 Å². The Kier molecular flexibility index (Phi) is 5.24. The van der Waals surface area contributed by atoms with E-state index in [4.69, 9.17) is 16.3 Å². The number of benzene rings is 2. The van der Waals surface area contributed by atoms with Gasteiger partial charge in [0, 0.05) is 0 Å². The van der Waals surface area contributed by atoms with E-state index in [-0.39, 0.29) is 17.7 Å². The lowest BCUT2D eigenvalue weighted by Gasteiger charge is -2.17. The maximum Gasteiger partial charge on any atom is 0.405 e. The second kappa shape index (κ2) is 7.88. The van der Waals surface area contributed by atoms with Crippen molar-refractivity contribution in [2.45, 2.75) is 6.61 Å². The lowest BCUT2D eigenvalue weighted by Crippen LogP contribution is -2.44. The molecule has 1 aromatic heterocycles. The van der Waals surface area contributed by atoms with Crippen molar-refractivity contribution in [1.29, 1.82) is 0 Å². The second-order valence-electron chi connectivity index (χ2n) is 6.73. The van der Waals surface area contributed by atoms with E-state index in [2.05, 4.69) is 0 Å². The van der Waals surface area contributed by atoms with Gasteiger partial charge >= 0.3 is 17.6 Å². The van der Waals surface area contributed by atoms with Gasteiger partial charge in [-0.2, -0.15) is 8.96 Å². The lowest BCUT2D eigenvalue weighted by atomic mass is 10.1. The van der Waals surface area contributed by atoms with Crippen LogP contribution in [-0.4, -0.2) is 17.8 Å². The number of esters is 1. The molecule has 0 spiro atoms. The summed E-state index contributed by atoms with van der Waals surface area (Å²) in [6.45, 7) is -0.142. The molecular formula is C22H14ClF2N2O4+. The summed E-state index contributed by atoms with van der Waals surface area (Å²) in [7, 11) is 1.08. The number of fused-ring (bicyclic) bond motifs is 1. The standard InChI is InChI=1S/C22H14ClF2N2O4/c1-26-18(22(30)31-11-12-7-3-2-4-8-12)15(23)17(16(24)19(26)25)27-20(28)13-9-5-6-10-14(13)21(27)29/h2-10H,11H2,1H3/q+1. The van der Waals surface area contributed by atoms with E-state index in [0.29, 0.717) is 15.0 Å². The molecule has 3 aromatic rings. The molecule has 1 aliphatic heterocycles. The minimum absolute atomic E-state index is 0.0183. The molecule has 0 atom stereocenters. The monoisotopic (exact) mass is 443 g/mol. The number of amides is 2. The number of halogens is 3. The summed E-state index contributed by atoms with van der Waals surface area (Å²) in [5.74, 6) is -5.83. The molecule has 2 aromatic carbocycles. The minimum Gasteiger partial charge on any atom is -0.453 e. The number of carbonyl (C=O) groups excluding carboxylic acids is 3. The van der Waals surface area contributed by atoms with Crippen molar-refractivity contribution >= 4 is 35.1 Å². The third-order valence-electron chi connectivity index (χ3n) is 4.86. The fraction of sp³-hybridized carbons (Fsp3) is 0.0909. The van der Waals surface area contributed by atoms with Gasteiger partial charge in [-0.3, -0.25) is 9.59 Å². The second-order valence-corrected chi connectivity index (χ2v) is 7.11. The molecule has 9 heteroatoms. The third kappa shape index (κ3) is 3.34. The van der Waals surface area contributed by atoms with Crippen LogP contribution in [0.15, 0.2) is 54.6 Å². The molecule has 1 aliphatic rings. The zero-order valence-electron chi connectivity index (χ0n) is 16.1. The molecule has 0 unspecified atom stereocenters. The van der Waals surface area contributed by atoms with Crippen molar-refractivity contribution in [3.8, 4) is 0 Å². The van der Waals surface area contributed by atoms with E-state index < -0.39 is 46.0 Å². The number of imide groups is 1. The quantitative estimate of drug-likeness (QED) is 0.267. The number of hydrogen-bond donors (Lipinski definition) is 0. The van der Waals surface area contributed by atoms with E-state index in [1.165, 1.54) is 24.3 Å². The zero-order valence-corrected chi connectivity index (χ0v) is 16.8. The Bertz CT molecular complexity index is 1210. The maximum absolute atomic E-state index is 14.9. The molecule has 156 valence electrons. The number of hydrogen-bond acceptors (Lipinski definition) is 4. The van der Waals surface area contributed by atoms with Gasteiger partial charge in [0.2, 0.25) is 0 Å². The molecule has 0 aliphatic carbocycles. The Labute approximate surface area is 180 Å². The fourth-order valence-corrected chi connectivity index (χ4v) is 3.68. The molecule has 0 saturated carbocycles. The molecule has 0 N–H and O–H groups in total. The molecule has 0 fully saturated rings. The third-order valence-corrected chi connectivity index (χ3v) is 5.22. The highest BCUT2D eigenvalue weighted by Crippen LogP contribution is 2.37. The fourth-order valence-electron chi connectivity index (χ4n) is 3.31.